The molecule has 2 nitrogen and oxygen atoms in total. The van der Waals surface area contributed by atoms with E-state index in [-0.39, 0.29) is 0 Å². The van der Waals surface area contributed by atoms with Crippen LogP contribution in [0.2, 0.25) is 6.00 Å². The lowest BCUT2D eigenvalue weighted by Crippen LogP contribution is -2.08. The average Bonchev–Trinajstić information content (AvgIpc) is 1.84. The molecule has 0 spiro atoms. The molecule has 9 heavy (non-hydrogen) atoms. The molecular weight excluding hydrogens is 132 g/mol. The fourth-order valence-corrected chi connectivity index (χ4v) is 0.723. The molecule has 0 aromatic heterocycles. The van der Waals surface area contributed by atoms with Crippen LogP contribution in [0.3, 0.4) is 0 Å². The van der Waals surface area contributed by atoms with Crippen molar-refractivity contribution in [1.29, 1.82) is 0 Å². The largest absolute Gasteiger partial charge is 0.540 e. The van der Waals surface area contributed by atoms with Gasteiger partial charge in [0.25, 0.3) is 0 Å². The van der Waals surface area contributed by atoms with Crippen LogP contribution in [0, 0.1) is 5.41 Å². The summed E-state index contributed by atoms with van der Waals surface area (Å²) in [6.45, 7) is 4.49. The standard InChI is InChI=1S/C6H14O2Si/c1-6(2,3)4-5-9(7)8/h7H,4-5H2,1-3H3/i4D2,5D2. The lowest BCUT2D eigenvalue weighted by Gasteiger charge is -2.15. The van der Waals surface area contributed by atoms with Crippen LogP contribution >= 0.6 is 0 Å². The molecule has 0 heterocycles. The zero-order valence-corrected chi connectivity index (χ0v) is 6.86. The summed E-state index contributed by atoms with van der Waals surface area (Å²) in [5.74, 6) is -2.68. The van der Waals surface area contributed by atoms with E-state index in [1.54, 1.807) is 0 Å². The van der Waals surface area contributed by atoms with Gasteiger partial charge < -0.3 is 9.26 Å². The molecule has 0 aliphatic rings. The van der Waals surface area contributed by atoms with Crippen molar-refractivity contribution in [2.24, 2.45) is 5.41 Å². The highest BCUT2D eigenvalue weighted by Crippen LogP contribution is 2.20. The van der Waals surface area contributed by atoms with E-state index in [0.717, 1.165) is 0 Å². The average molecular weight is 150 g/mol. The molecule has 0 unspecified atom stereocenters. The molecule has 0 aliphatic heterocycles. The quantitative estimate of drug-likeness (QED) is 0.603. The van der Waals surface area contributed by atoms with E-state index in [1.165, 1.54) is 20.8 Å². The minimum Gasteiger partial charge on any atom is -0.540 e. The van der Waals surface area contributed by atoms with Crippen LogP contribution in [0.5, 0.6) is 0 Å². The molecule has 0 aliphatic carbocycles. The van der Waals surface area contributed by atoms with Gasteiger partial charge >= 0.3 is 8.93 Å². The van der Waals surface area contributed by atoms with Gasteiger partial charge in [0.1, 0.15) is 0 Å². The summed E-state index contributed by atoms with van der Waals surface area (Å²) < 4.78 is 40.0. The molecule has 0 radical (unpaired) electrons. The highest BCUT2D eigenvalue weighted by atomic mass is 28.3. The van der Waals surface area contributed by atoms with Crippen molar-refractivity contribution >= 4 is 8.93 Å². The maximum atomic E-state index is 10.7. The van der Waals surface area contributed by atoms with Gasteiger partial charge in [-0.15, -0.1) is 0 Å². The van der Waals surface area contributed by atoms with Crippen LogP contribution in [-0.4, -0.2) is 13.7 Å². The van der Waals surface area contributed by atoms with Crippen LogP contribution in [0.4, 0.5) is 0 Å². The highest BCUT2D eigenvalue weighted by Gasteiger charge is 2.12. The smallest absolute Gasteiger partial charge is 0.499 e. The molecule has 54 valence electrons. The summed E-state index contributed by atoms with van der Waals surface area (Å²) in [7, 11) is -3.54. The van der Waals surface area contributed by atoms with E-state index in [4.69, 9.17) is 10.3 Å². The summed E-state index contributed by atoms with van der Waals surface area (Å²) >= 11 is 0. The second-order valence-corrected chi connectivity index (χ2v) is 3.67. The van der Waals surface area contributed by atoms with Gasteiger partial charge in [-0.2, -0.15) is 0 Å². The van der Waals surface area contributed by atoms with Crippen molar-refractivity contribution in [2.45, 2.75) is 33.1 Å². The monoisotopic (exact) mass is 150 g/mol. The SMILES string of the molecule is [2H]C([2H])([Si](=O)O)C([2H])([2H])C(C)(C)C. The van der Waals surface area contributed by atoms with Gasteiger partial charge in [0.15, 0.2) is 0 Å². The fourth-order valence-electron chi connectivity index (χ4n) is 0.241. The van der Waals surface area contributed by atoms with Gasteiger partial charge in [0, 0.05) is 11.5 Å². The summed E-state index contributed by atoms with van der Waals surface area (Å²) in [4.78, 5) is 8.71. The van der Waals surface area contributed by atoms with Crippen LogP contribution < -0.4 is 0 Å². The van der Waals surface area contributed by atoms with Gasteiger partial charge in [-0.3, -0.25) is 0 Å². The van der Waals surface area contributed by atoms with Crippen molar-refractivity contribution in [3.63, 3.8) is 0 Å². The minimum absolute atomic E-state index is 1.01. The lowest BCUT2D eigenvalue weighted by atomic mass is 9.94. The van der Waals surface area contributed by atoms with Crippen LogP contribution in [0.15, 0.2) is 0 Å². The Kier molecular flexibility index (Phi) is 1.33. The van der Waals surface area contributed by atoms with Crippen molar-refractivity contribution in [2.75, 3.05) is 0 Å². The molecule has 0 saturated carbocycles. The third-order valence-electron chi connectivity index (χ3n) is 0.544. The molecule has 0 fully saturated rings. The second-order valence-electron chi connectivity index (χ2n) is 2.81. The predicted octanol–water partition coefficient (Wildman–Crippen LogP) is 1.33. The van der Waals surface area contributed by atoms with Gasteiger partial charge in [-0.05, 0) is 11.8 Å². The van der Waals surface area contributed by atoms with Crippen LogP contribution in [0.25, 0.3) is 0 Å². The van der Waals surface area contributed by atoms with Crippen molar-refractivity contribution in [1.82, 2.24) is 0 Å². The van der Waals surface area contributed by atoms with E-state index in [1.807, 2.05) is 0 Å². The van der Waals surface area contributed by atoms with Crippen molar-refractivity contribution < 1.29 is 14.7 Å². The Bertz CT molecular complexity index is 221. The Morgan fingerprint density at radius 1 is 1.67 bits per heavy atom. The molecule has 1 N–H and O–H groups in total. The van der Waals surface area contributed by atoms with Gasteiger partial charge in [0.05, 0.1) is 0 Å². The molecule has 0 rings (SSSR count). The topological polar surface area (TPSA) is 37.3 Å². The predicted molar refractivity (Wildman–Crippen MR) is 37.5 cm³/mol. The first kappa shape index (κ1) is 3.86. The highest BCUT2D eigenvalue weighted by molar-refractivity contribution is 6.32. The van der Waals surface area contributed by atoms with E-state index in [9.17, 15) is 4.46 Å². The third-order valence-corrected chi connectivity index (χ3v) is 0.883. The summed E-state index contributed by atoms with van der Waals surface area (Å²) in [6, 6.07) is 0. The number of hydrogen-bond acceptors (Lipinski definition) is 1. The first-order chi connectivity index (χ1) is 5.44. The van der Waals surface area contributed by atoms with E-state index < -0.39 is 26.7 Å². The maximum absolute atomic E-state index is 10.7. The Balaban J connectivity index is 5.16. The molecule has 0 aromatic rings. The first-order valence-corrected chi connectivity index (χ1v) is 4.03. The molecule has 0 bridgehead atoms. The summed E-state index contributed by atoms with van der Waals surface area (Å²) in [5, 5.41) is 0. The van der Waals surface area contributed by atoms with E-state index >= 15 is 0 Å². The summed E-state index contributed by atoms with van der Waals surface area (Å²) in [6.07, 6.45) is -2.33. The third kappa shape index (κ3) is 7.82. The van der Waals surface area contributed by atoms with E-state index in [0.29, 0.717) is 0 Å². The maximum Gasteiger partial charge on any atom is 0.499 e. The molecule has 0 amide bonds. The van der Waals surface area contributed by atoms with E-state index in [2.05, 4.69) is 0 Å². The summed E-state index contributed by atoms with van der Waals surface area (Å²) in [5.41, 5.74) is -1.01. The molecule has 3 heteroatoms. The number of rotatable bonds is 2. The zero-order valence-electron chi connectivity index (χ0n) is 9.86. The van der Waals surface area contributed by atoms with Gasteiger partial charge in [0.2, 0.25) is 0 Å². The number of hydrogen-bond donors (Lipinski definition) is 1. The van der Waals surface area contributed by atoms with Gasteiger partial charge in [-0.1, -0.05) is 20.8 Å². The minimum atomic E-state index is -3.54. The Labute approximate surface area is 63.3 Å². The molecular formula is C6H14O2Si. The Hall–Kier alpha value is -0.183. The first-order valence-electron chi connectivity index (χ1n) is 4.68. The Morgan fingerprint density at radius 3 is 2.22 bits per heavy atom. The second kappa shape index (κ2) is 3.10. The zero-order chi connectivity index (χ0) is 11.1. The molecule has 0 atom stereocenters. The molecule has 0 aromatic carbocycles. The fraction of sp³-hybridized carbons (Fsp3) is 1.00. The normalized spacial score (nSPS) is 21.2. The van der Waals surface area contributed by atoms with Gasteiger partial charge in [-0.25, -0.2) is 0 Å². The lowest BCUT2D eigenvalue weighted by molar-refractivity contribution is 0.374. The van der Waals surface area contributed by atoms with Crippen LogP contribution in [0.1, 0.15) is 32.6 Å². The van der Waals surface area contributed by atoms with Crippen molar-refractivity contribution in [3.05, 3.63) is 0 Å². The Morgan fingerprint density at radius 2 is 2.11 bits per heavy atom. The van der Waals surface area contributed by atoms with Crippen molar-refractivity contribution in [3.8, 4) is 0 Å². The van der Waals surface area contributed by atoms with Crippen LogP contribution in [-0.2, 0) is 4.46 Å². The molecule has 0 saturated heterocycles.